The Morgan fingerprint density at radius 2 is 1.35 bits per heavy atom. The molecule has 6 aliphatic rings. The van der Waals surface area contributed by atoms with E-state index in [1.807, 2.05) is 0 Å². The maximum atomic E-state index is 11.7. The van der Waals surface area contributed by atoms with Crippen LogP contribution in [-0.4, -0.2) is 36.0 Å². The fraction of sp³-hybridized carbons (Fsp3) is 0.536. The van der Waals surface area contributed by atoms with Gasteiger partial charge in [-0.3, -0.25) is 4.79 Å². The molecule has 31 heavy (non-hydrogen) atoms. The summed E-state index contributed by atoms with van der Waals surface area (Å²) in [4.78, 5) is 13.8. The largest absolute Gasteiger partial charge is 0.339 e. The van der Waals surface area contributed by atoms with Gasteiger partial charge in [-0.2, -0.15) is 0 Å². The zero-order chi connectivity index (χ0) is 21.2. The number of amides is 1. The highest BCUT2D eigenvalue weighted by atomic mass is 16.2. The third-order valence-electron chi connectivity index (χ3n) is 8.00. The summed E-state index contributed by atoms with van der Waals surface area (Å²) < 4.78 is 0. The van der Waals surface area contributed by atoms with Gasteiger partial charge in [0.2, 0.25) is 5.91 Å². The quantitative estimate of drug-likeness (QED) is 0.683. The molecule has 4 aliphatic heterocycles. The summed E-state index contributed by atoms with van der Waals surface area (Å²) in [5.74, 6) is 1.79. The molecule has 0 radical (unpaired) electrons. The van der Waals surface area contributed by atoms with Crippen molar-refractivity contribution < 1.29 is 4.79 Å². The number of fused-ring (bicyclic) bond motifs is 4. The summed E-state index contributed by atoms with van der Waals surface area (Å²) in [7, 11) is 0. The number of benzene rings is 2. The van der Waals surface area contributed by atoms with Gasteiger partial charge in [-0.25, -0.2) is 0 Å². The molecule has 8 rings (SSSR count). The molecule has 0 saturated carbocycles. The summed E-state index contributed by atoms with van der Waals surface area (Å²) in [6.45, 7) is 3.91. The van der Waals surface area contributed by atoms with Crippen molar-refractivity contribution in [3.8, 4) is 0 Å². The SMILES string of the molecule is CC(=O)N1CC2CCC1Cc1ccccc1C2.c1ccc2c(c1)CC1CCC(C2)NC1. The van der Waals surface area contributed by atoms with E-state index in [9.17, 15) is 4.79 Å². The van der Waals surface area contributed by atoms with Crippen LogP contribution >= 0.6 is 0 Å². The Balaban J connectivity index is 0.000000134. The molecule has 1 amide bonds. The molecule has 1 N–H and O–H groups in total. The standard InChI is InChI=1S/C15H19NO.C13H17N/c1-11(17)16-10-12-6-7-15(16)9-14-5-3-2-4-13(14)8-12;1-2-4-12-8-13-6-5-10(9-14-13)7-11(12)3-1/h2-5,12,15H,6-10H2,1H3;1-4,10,13-14H,5-9H2. The van der Waals surface area contributed by atoms with Crippen LogP contribution in [0.5, 0.6) is 0 Å². The van der Waals surface area contributed by atoms with E-state index in [1.165, 1.54) is 56.2 Å². The van der Waals surface area contributed by atoms with Crippen LogP contribution in [0.1, 0.15) is 54.9 Å². The fourth-order valence-electron chi connectivity index (χ4n) is 6.24. The van der Waals surface area contributed by atoms with Gasteiger partial charge in [-0.15, -0.1) is 0 Å². The molecule has 2 aromatic rings. The molecule has 0 spiro atoms. The number of hydrogen-bond acceptors (Lipinski definition) is 2. The lowest BCUT2D eigenvalue weighted by molar-refractivity contribution is -0.133. The van der Waals surface area contributed by atoms with Gasteiger partial charge in [0.1, 0.15) is 0 Å². The van der Waals surface area contributed by atoms with Crippen LogP contribution in [0.15, 0.2) is 48.5 Å². The van der Waals surface area contributed by atoms with Crippen molar-refractivity contribution in [3.05, 3.63) is 70.8 Å². The van der Waals surface area contributed by atoms with E-state index in [0.29, 0.717) is 12.0 Å². The van der Waals surface area contributed by atoms with E-state index >= 15 is 0 Å². The minimum Gasteiger partial charge on any atom is -0.339 e. The van der Waals surface area contributed by atoms with Gasteiger partial charge in [0, 0.05) is 25.6 Å². The molecule has 4 bridgehead atoms. The van der Waals surface area contributed by atoms with Crippen molar-refractivity contribution in [1.82, 2.24) is 10.2 Å². The lowest BCUT2D eigenvalue weighted by atomic mass is 9.80. The average Bonchev–Trinajstić information content (AvgIpc) is 2.74. The molecule has 3 nitrogen and oxygen atoms in total. The van der Waals surface area contributed by atoms with Gasteiger partial charge in [0.05, 0.1) is 0 Å². The van der Waals surface area contributed by atoms with Crippen molar-refractivity contribution in [2.24, 2.45) is 11.8 Å². The Kier molecular flexibility index (Phi) is 6.13. The lowest BCUT2D eigenvalue weighted by Gasteiger charge is -2.42. The third-order valence-corrected chi connectivity index (χ3v) is 8.00. The lowest BCUT2D eigenvalue weighted by Crippen LogP contribution is -2.48. The van der Waals surface area contributed by atoms with Crippen LogP contribution in [-0.2, 0) is 30.5 Å². The van der Waals surface area contributed by atoms with E-state index in [2.05, 4.69) is 58.7 Å². The van der Waals surface area contributed by atoms with Crippen molar-refractivity contribution >= 4 is 5.91 Å². The summed E-state index contributed by atoms with van der Waals surface area (Å²) in [6.07, 6.45) is 9.97. The van der Waals surface area contributed by atoms with Crippen molar-refractivity contribution in [1.29, 1.82) is 0 Å². The smallest absolute Gasteiger partial charge is 0.219 e. The van der Waals surface area contributed by atoms with Gasteiger partial charge in [0.25, 0.3) is 0 Å². The number of nitrogens with one attached hydrogen (secondary N) is 1. The molecule has 4 unspecified atom stereocenters. The predicted octanol–water partition coefficient (Wildman–Crippen LogP) is 4.57. The first-order valence-corrected chi connectivity index (χ1v) is 12.3. The second kappa shape index (κ2) is 9.16. The fourth-order valence-corrected chi connectivity index (χ4v) is 6.24. The molecule has 2 aliphatic carbocycles. The van der Waals surface area contributed by atoms with Crippen LogP contribution in [0.2, 0.25) is 0 Å². The Bertz CT molecular complexity index is 882. The Labute approximate surface area is 187 Å². The van der Waals surface area contributed by atoms with E-state index in [0.717, 1.165) is 31.3 Å². The van der Waals surface area contributed by atoms with E-state index in [4.69, 9.17) is 0 Å². The number of hydrogen-bond donors (Lipinski definition) is 1. The van der Waals surface area contributed by atoms with Crippen molar-refractivity contribution in [3.63, 3.8) is 0 Å². The normalized spacial score (nSPS) is 28.7. The van der Waals surface area contributed by atoms with E-state index in [-0.39, 0.29) is 5.91 Å². The van der Waals surface area contributed by atoms with Crippen LogP contribution in [0.3, 0.4) is 0 Å². The van der Waals surface area contributed by atoms with Crippen molar-refractivity contribution in [2.75, 3.05) is 13.1 Å². The molecule has 0 aromatic heterocycles. The minimum absolute atomic E-state index is 0.249. The molecule has 2 aromatic carbocycles. The highest BCUT2D eigenvalue weighted by Crippen LogP contribution is 2.32. The number of carbonyl (C=O) groups excluding carboxylic acids is 1. The third kappa shape index (κ3) is 4.72. The van der Waals surface area contributed by atoms with Gasteiger partial charge in [-0.1, -0.05) is 48.5 Å². The number of piperidine rings is 2. The average molecular weight is 417 g/mol. The summed E-state index contributed by atoms with van der Waals surface area (Å²) >= 11 is 0. The van der Waals surface area contributed by atoms with Crippen LogP contribution in [0.4, 0.5) is 0 Å². The minimum atomic E-state index is 0.249. The first-order chi connectivity index (χ1) is 15.2. The van der Waals surface area contributed by atoms with E-state index in [1.54, 1.807) is 18.1 Å². The Hall–Kier alpha value is -2.13. The number of carbonyl (C=O) groups is 1. The summed E-state index contributed by atoms with van der Waals surface area (Å²) in [5.41, 5.74) is 6.14. The molecule has 3 heteroatoms. The van der Waals surface area contributed by atoms with Gasteiger partial charge in [0.15, 0.2) is 0 Å². The summed E-state index contributed by atoms with van der Waals surface area (Å²) in [5, 5.41) is 3.66. The molecule has 4 heterocycles. The maximum absolute atomic E-state index is 11.7. The monoisotopic (exact) mass is 416 g/mol. The molecule has 164 valence electrons. The number of rotatable bonds is 0. The van der Waals surface area contributed by atoms with Gasteiger partial charge in [-0.05, 0) is 92.0 Å². The van der Waals surface area contributed by atoms with Gasteiger partial charge >= 0.3 is 0 Å². The first-order valence-electron chi connectivity index (χ1n) is 12.3. The highest BCUT2D eigenvalue weighted by molar-refractivity contribution is 5.73. The first kappa shape index (κ1) is 20.8. The maximum Gasteiger partial charge on any atom is 0.219 e. The zero-order valence-corrected chi connectivity index (χ0v) is 18.9. The second-order valence-electron chi connectivity index (χ2n) is 10.2. The van der Waals surface area contributed by atoms with Gasteiger partial charge < -0.3 is 10.2 Å². The Morgan fingerprint density at radius 3 is 1.97 bits per heavy atom. The van der Waals surface area contributed by atoms with Crippen molar-refractivity contribution in [2.45, 2.75) is 70.4 Å². The Morgan fingerprint density at radius 1 is 0.774 bits per heavy atom. The van der Waals surface area contributed by atoms with E-state index < -0.39 is 0 Å². The van der Waals surface area contributed by atoms with Crippen LogP contribution in [0, 0.1) is 11.8 Å². The number of nitrogens with zero attached hydrogens (tertiary/aromatic N) is 1. The van der Waals surface area contributed by atoms with Crippen LogP contribution in [0.25, 0.3) is 0 Å². The summed E-state index contributed by atoms with van der Waals surface area (Å²) in [6, 6.07) is 18.9. The molecule has 2 saturated heterocycles. The zero-order valence-electron chi connectivity index (χ0n) is 18.9. The highest BCUT2D eigenvalue weighted by Gasteiger charge is 2.33. The molecule has 4 atom stereocenters. The predicted molar refractivity (Wildman–Crippen MR) is 126 cm³/mol. The van der Waals surface area contributed by atoms with Crippen LogP contribution < -0.4 is 5.32 Å². The molecular weight excluding hydrogens is 380 g/mol. The topological polar surface area (TPSA) is 32.3 Å². The molecule has 2 fully saturated rings. The molecular formula is C28H36N2O. The second-order valence-corrected chi connectivity index (χ2v) is 10.2.